The topological polar surface area (TPSA) is 12.9 Å². The number of rotatable bonds is 2. The van der Waals surface area contributed by atoms with Gasteiger partial charge in [-0.1, -0.05) is 62.2 Å². The maximum absolute atomic E-state index is 4.57. The Morgan fingerprint density at radius 3 is 2.12 bits per heavy atom. The van der Waals surface area contributed by atoms with E-state index in [9.17, 15) is 0 Å². The molecule has 0 atom stereocenters. The van der Waals surface area contributed by atoms with Crippen LogP contribution in [0.25, 0.3) is 11.3 Å². The van der Waals surface area contributed by atoms with Gasteiger partial charge in [0.15, 0.2) is 0 Å². The van der Waals surface area contributed by atoms with Gasteiger partial charge in [-0.3, -0.25) is 0 Å². The molecule has 0 unspecified atom stereocenters. The fourth-order valence-electron chi connectivity index (χ4n) is 2.44. The summed E-state index contributed by atoms with van der Waals surface area (Å²) in [6.45, 7) is 10.7. The van der Waals surface area contributed by atoms with E-state index in [1.165, 1.54) is 22.3 Å². The van der Waals surface area contributed by atoms with Crippen LogP contribution < -0.4 is 0 Å². The number of aryl methyl sites for hydroxylation is 3. The van der Waals surface area contributed by atoms with Gasteiger partial charge in [-0.2, -0.15) is 0 Å². The van der Waals surface area contributed by atoms with Crippen LogP contribution in [0, 0.1) is 26.8 Å². The first-order chi connectivity index (χ1) is 12.5. The number of pyridine rings is 1. The first-order valence-corrected chi connectivity index (χ1v) is 10.8. The van der Waals surface area contributed by atoms with Gasteiger partial charge in [0.2, 0.25) is 0 Å². The summed E-state index contributed by atoms with van der Waals surface area (Å²) in [6.07, 6.45) is 1.82. The van der Waals surface area contributed by atoms with Crippen LogP contribution in [0.5, 0.6) is 0 Å². The molecule has 0 saturated heterocycles. The molecular formula is C23H26ClNRu. The van der Waals surface area contributed by atoms with Crippen molar-refractivity contribution in [1.82, 2.24) is 4.98 Å². The molecule has 0 fully saturated rings. The van der Waals surface area contributed by atoms with E-state index in [0.717, 1.165) is 11.3 Å². The number of nitrogens with zero attached hydrogens (tertiary/aromatic N) is 1. The van der Waals surface area contributed by atoms with Gasteiger partial charge in [0.25, 0.3) is 0 Å². The van der Waals surface area contributed by atoms with Crippen LogP contribution in [0.4, 0.5) is 0 Å². The summed E-state index contributed by atoms with van der Waals surface area (Å²) in [7, 11) is 4.57. The first kappa shape index (κ1) is 22.5. The van der Waals surface area contributed by atoms with Crippen molar-refractivity contribution in [3.8, 4) is 11.3 Å². The van der Waals surface area contributed by atoms with Crippen molar-refractivity contribution in [2.75, 3.05) is 0 Å². The molecule has 0 bridgehead atoms. The molecule has 1 aromatic heterocycles. The summed E-state index contributed by atoms with van der Waals surface area (Å²) >= 11 is 1.82. The minimum atomic E-state index is 0.653. The zero-order valence-electron chi connectivity index (χ0n) is 16.0. The Labute approximate surface area is 172 Å². The second-order valence-corrected chi connectivity index (χ2v) is 6.51. The van der Waals surface area contributed by atoms with E-state index >= 15 is 0 Å². The van der Waals surface area contributed by atoms with Gasteiger partial charge in [0.1, 0.15) is 0 Å². The average molecular weight is 453 g/mol. The quantitative estimate of drug-likeness (QED) is 0.302. The van der Waals surface area contributed by atoms with Crippen LogP contribution in [-0.2, 0) is 17.3 Å². The van der Waals surface area contributed by atoms with E-state index in [1.54, 1.807) is 0 Å². The third-order valence-electron chi connectivity index (χ3n) is 3.97. The molecule has 138 valence electrons. The molecular weight excluding hydrogens is 427 g/mol. The SMILES string of the molecule is Cc1cc[c-]c(-c2ncccc2C)c1.Cc1ccc(C(C)C)cc1.[Cl][Ru+]. The molecule has 0 amide bonds. The fraction of sp³-hybridized carbons (Fsp3) is 0.261. The van der Waals surface area contributed by atoms with Crippen LogP contribution in [-0.4, -0.2) is 4.98 Å². The number of hydrogen-bond donors (Lipinski definition) is 0. The summed E-state index contributed by atoms with van der Waals surface area (Å²) in [4.78, 5) is 4.36. The van der Waals surface area contributed by atoms with Crippen LogP contribution in [0.2, 0.25) is 0 Å². The summed E-state index contributed by atoms with van der Waals surface area (Å²) in [5, 5.41) is 0. The molecule has 1 heterocycles. The Morgan fingerprint density at radius 2 is 1.58 bits per heavy atom. The van der Waals surface area contributed by atoms with Crippen molar-refractivity contribution in [3.05, 3.63) is 89.1 Å². The summed E-state index contributed by atoms with van der Waals surface area (Å²) in [5.41, 5.74) is 7.28. The van der Waals surface area contributed by atoms with Crippen LogP contribution in [0.15, 0.2) is 60.8 Å². The van der Waals surface area contributed by atoms with Crippen LogP contribution >= 0.6 is 9.69 Å². The predicted octanol–water partition coefficient (Wildman–Crippen LogP) is 6.97. The van der Waals surface area contributed by atoms with Crippen molar-refractivity contribution >= 4 is 9.69 Å². The van der Waals surface area contributed by atoms with Crippen molar-refractivity contribution in [2.24, 2.45) is 0 Å². The molecule has 0 N–H and O–H groups in total. The second-order valence-electron chi connectivity index (χ2n) is 6.51. The third-order valence-corrected chi connectivity index (χ3v) is 3.97. The van der Waals surface area contributed by atoms with Crippen LogP contribution in [0.3, 0.4) is 0 Å². The molecule has 0 radical (unpaired) electrons. The van der Waals surface area contributed by atoms with E-state index in [2.05, 4.69) is 91.8 Å². The van der Waals surface area contributed by atoms with Crippen molar-refractivity contribution in [3.63, 3.8) is 0 Å². The second kappa shape index (κ2) is 12.0. The van der Waals surface area contributed by atoms with Crippen molar-refractivity contribution in [1.29, 1.82) is 0 Å². The van der Waals surface area contributed by atoms with Crippen molar-refractivity contribution in [2.45, 2.75) is 40.5 Å². The van der Waals surface area contributed by atoms with Gasteiger partial charge < -0.3 is 4.98 Å². The predicted molar refractivity (Wildman–Crippen MR) is 109 cm³/mol. The summed E-state index contributed by atoms with van der Waals surface area (Å²) in [5.74, 6) is 0.653. The number of aromatic nitrogens is 1. The van der Waals surface area contributed by atoms with Gasteiger partial charge in [0, 0.05) is 6.20 Å². The first-order valence-electron chi connectivity index (χ1n) is 8.57. The normalized spacial score (nSPS) is 9.69. The Balaban J connectivity index is 0.000000249. The molecule has 2 aromatic carbocycles. The summed E-state index contributed by atoms with van der Waals surface area (Å²) in [6, 6.07) is 22.0. The Bertz CT molecular complexity index is 782. The molecule has 3 aromatic rings. The monoisotopic (exact) mass is 453 g/mol. The Morgan fingerprint density at radius 1 is 0.923 bits per heavy atom. The van der Waals surface area contributed by atoms with Gasteiger partial charge in [-0.25, -0.2) is 0 Å². The molecule has 0 aliphatic rings. The molecule has 0 saturated carbocycles. The van der Waals surface area contributed by atoms with Gasteiger partial charge in [-0.05, 0) is 37.1 Å². The molecule has 3 heteroatoms. The number of halogens is 1. The molecule has 0 aliphatic heterocycles. The Kier molecular flexibility index (Phi) is 10.4. The number of hydrogen-bond acceptors (Lipinski definition) is 1. The molecule has 0 spiro atoms. The van der Waals surface area contributed by atoms with Gasteiger partial charge in [-0.15, -0.1) is 35.4 Å². The van der Waals surface area contributed by atoms with Crippen molar-refractivity contribution < 1.29 is 17.3 Å². The standard InChI is InChI=1S/C13H12N.C10H14.ClH.Ru/c1-10-5-3-7-12(9-10)13-11(2)6-4-8-14-13;1-8(2)10-6-4-9(3)5-7-10;;/h3-6,8-9H,1-2H3;4-8H,1-3H3;1H;/q-1;;;+2/p-1. The van der Waals surface area contributed by atoms with E-state index in [0.29, 0.717) is 5.92 Å². The fourth-order valence-corrected chi connectivity index (χ4v) is 2.44. The minimum absolute atomic E-state index is 0.653. The van der Waals surface area contributed by atoms with E-state index in [1.807, 2.05) is 41.7 Å². The number of benzene rings is 2. The van der Waals surface area contributed by atoms with Gasteiger partial charge in [0.05, 0.1) is 0 Å². The van der Waals surface area contributed by atoms with E-state index in [4.69, 9.17) is 0 Å². The maximum atomic E-state index is 4.57. The van der Waals surface area contributed by atoms with Crippen LogP contribution in [0.1, 0.15) is 42.0 Å². The summed E-state index contributed by atoms with van der Waals surface area (Å²) < 4.78 is 0. The molecule has 0 aliphatic carbocycles. The average Bonchev–Trinajstić information content (AvgIpc) is 2.65. The zero-order chi connectivity index (χ0) is 19.5. The molecule has 1 nitrogen and oxygen atoms in total. The third kappa shape index (κ3) is 7.40. The van der Waals surface area contributed by atoms with E-state index < -0.39 is 0 Å². The zero-order valence-corrected chi connectivity index (χ0v) is 18.5. The molecule has 3 rings (SSSR count). The van der Waals surface area contributed by atoms with E-state index in [-0.39, 0.29) is 0 Å². The van der Waals surface area contributed by atoms with Gasteiger partial charge >= 0.3 is 27.0 Å². The Hall–Kier alpha value is -1.50. The molecule has 26 heavy (non-hydrogen) atoms.